The molecule has 3 aromatic rings. The maximum atomic E-state index is 13.6. The molecule has 28 heavy (non-hydrogen) atoms. The van der Waals surface area contributed by atoms with Crippen molar-refractivity contribution in [1.82, 2.24) is 15.3 Å². The molecule has 0 saturated heterocycles. The number of rotatable bonds is 9. The Morgan fingerprint density at radius 2 is 1.71 bits per heavy atom. The Bertz CT molecular complexity index is 902. The lowest BCUT2D eigenvalue weighted by Gasteiger charge is -2.08. The van der Waals surface area contributed by atoms with Crippen LogP contribution < -0.4 is 10.6 Å². The number of carbonyl (C=O) groups excluding carboxylic acids is 1. The highest BCUT2D eigenvalue weighted by molar-refractivity contribution is 5.92. The number of anilines is 1. The molecule has 1 aromatic heterocycles. The topological polar surface area (TPSA) is 66.9 Å². The molecule has 0 aliphatic rings. The van der Waals surface area contributed by atoms with Gasteiger partial charge in [0.2, 0.25) is 0 Å². The van der Waals surface area contributed by atoms with Crippen molar-refractivity contribution < 1.29 is 9.18 Å². The van der Waals surface area contributed by atoms with E-state index in [0.717, 1.165) is 12.8 Å². The molecule has 5 nitrogen and oxygen atoms in total. The molecule has 0 atom stereocenters. The van der Waals surface area contributed by atoms with Crippen LogP contribution >= 0.6 is 0 Å². The molecule has 1 heterocycles. The van der Waals surface area contributed by atoms with Crippen molar-refractivity contribution in [3.63, 3.8) is 0 Å². The standard InChI is InChI=1S/C22H23FN4O/c23-19-11-5-4-10-18(19)12-14-24-21-15-20(26-16-27-21)22(28)25-13-6-9-17-7-2-1-3-8-17/h1-5,7-8,10-11,15-16H,6,9,12-14H2,(H,25,28)(H,24,26,27). The van der Waals surface area contributed by atoms with Crippen molar-refractivity contribution in [2.45, 2.75) is 19.3 Å². The second-order valence-electron chi connectivity index (χ2n) is 6.40. The Hall–Kier alpha value is -3.28. The number of aryl methyl sites for hydroxylation is 1. The predicted molar refractivity (Wildman–Crippen MR) is 108 cm³/mol. The van der Waals surface area contributed by atoms with E-state index >= 15 is 0 Å². The Morgan fingerprint density at radius 1 is 0.929 bits per heavy atom. The van der Waals surface area contributed by atoms with E-state index in [1.165, 1.54) is 18.0 Å². The Morgan fingerprint density at radius 3 is 2.54 bits per heavy atom. The molecular formula is C22H23FN4O. The average Bonchev–Trinajstić information content (AvgIpc) is 2.73. The number of carbonyl (C=O) groups is 1. The lowest BCUT2D eigenvalue weighted by Crippen LogP contribution is -2.26. The lowest BCUT2D eigenvalue weighted by atomic mass is 10.1. The third-order valence-electron chi connectivity index (χ3n) is 4.33. The monoisotopic (exact) mass is 378 g/mol. The summed E-state index contributed by atoms with van der Waals surface area (Å²) in [7, 11) is 0. The van der Waals surface area contributed by atoms with Gasteiger partial charge >= 0.3 is 0 Å². The number of aromatic nitrogens is 2. The molecule has 0 spiro atoms. The summed E-state index contributed by atoms with van der Waals surface area (Å²) in [5.74, 6) is 0.0935. The van der Waals surface area contributed by atoms with Gasteiger partial charge < -0.3 is 10.6 Å². The van der Waals surface area contributed by atoms with E-state index in [4.69, 9.17) is 0 Å². The number of halogens is 1. The van der Waals surface area contributed by atoms with Crippen LogP contribution in [0.1, 0.15) is 28.0 Å². The zero-order valence-electron chi connectivity index (χ0n) is 15.6. The van der Waals surface area contributed by atoms with E-state index in [1.54, 1.807) is 18.2 Å². The van der Waals surface area contributed by atoms with Crippen LogP contribution in [-0.4, -0.2) is 29.0 Å². The number of nitrogens with zero attached hydrogens (tertiary/aromatic N) is 2. The molecule has 144 valence electrons. The molecule has 3 rings (SSSR count). The van der Waals surface area contributed by atoms with Gasteiger partial charge in [0.25, 0.3) is 5.91 Å². The second-order valence-corrected chi connectivity index (χ2v) is 6.40. The molecule has 0 radical (unpaired) electrons. The van der Waals surface area contributed by atoms with E-state index in [2.05, 4.69) is 32.7 Å². The number of amides is 1. The van der Waals surface area contributed by atoms with Gasteiger partial charge in [0, 0.05) is 19.2 Å². The summed E-state index contributed by atoms with van der Waals surface area (Å²) >= 11 is 0. The lowest BCUT2D eigenvalue weighted by molar-refractivity contribution is 0.0948. The highest BCUT2D eigenvalue weighted by Crippen LogP contribution is 2.09. The van der Waals surface area contributed by atoms with Crippen molar-refractivity contribution in [3.8, 4) is 0 Å². The fourth-order valence-electron chi connectivity index (χ4n) is 2.83. The first-order chi connectivity index (χ1) is 13.7. The first-order valence-electron chi connectivity index (χ1n) is 9.34. The summed E-state index contributed by atoms with van der Waals surface area (Å²) in [6.45, 7) is 1.09. The van der Waals surface area contributed by atoms with Crippen molar-refractivity contribution in [2.75, 3.05) is 18.4 Å². The molecule has 0 unspecified atom stereocenters. The zero-order valence-corrected chi connectivity index (χ0v) is 15.6. The van der Waals surface area contributed by atoms with Crippen LogP contribution in [0.4, 0.5) is 10.2 Å². The highest BCUT2D eigenvalue weighted by atomic mass is 19.1. The van der Waals surface area contributed by atoms with E-state index in [1.807, 2.05) is 24.3 Å². The fourth-order valence-corrected chi connectivity index (χ4v) is 2.83. The number of hydrogen-bond donors (Lipinski definition) is 2. The van der Waals surface area contributed by atoms with E-state index in [-0.39, 0.29) is 11.7 Å². The van der Waals surface area contributed by atoms with Gasteiger partial charge in [-0.05, 0) is 36.5 Å². The largest absolute Gasteiger partial charge is 0.370 e. The van der Waals surface area contributed by atoms with Crippen LogP contribution in [0.15, 0.2) is 67.0 Å². The van der Waals surface area contributed by atoms with E-state index in [0.29, 0.717) is 36.6 Å². The van der Waals surface area contributed by atoms with Gasteiger partial charge in [-0.3, -0.25) is 4.79 Å². The van der Waals surface area contributed by atoms with Gasteiger partial charge in [-0.2, -0.15) is 0 Å². The first-order valence-corrected chi connectivity index (χ1v) is 9.34. The Balaban J connectivity index is 1.44. The van der Waals surface area contributed by atoms with Gasteiger partial charge in [0.05, 0.1) is 0 Å². The molecule has 0 fully saturated rings. The molecule has 0 saturated carbocycles. The molecular weight excluding hydrogens is 355 g/mol. The minimum absolute atomic E-state index is 0.220. The quantitative estimate of drug-likeness (QED) is 0.558. The van der Waals surface area contributed by atoms with Crippen molar-refractivity contribution in [3.05, 3.63) is 89.6 Å². The molecule has 1 amide bonds. The third-order valence-corrected chi connectivity index (χ3v) is 4.33. The van der Waals surface area contributed by atoms with Gasteiger partial charge in [-0.15, -0.1) is 0 Å². The van der Waals surface area contributed by atoms with Gasteiger partial charge in [0.1, 0.15) is 23.7 Å². The fraction of sp³-hybridized carbons (Fsp3) is 0.227. The van der Waals surface area contributed by atoms with Crippen LogP contribution in [-0.2, 0) is 12.8 Å². The van der Waals surface area contributed by atoms with Gasteiger partial charge in [0.15, 0.2) is 0 Å². The highest BCUT2D eigenvalue weighted by Gasteiger charge is 2.08. The number of nitrogens with one attached hydrogen (secondary N) is 2. The number of hydrogen-bond acceptors (Lipinski definition) is 4. The van der Waals surface area contributed by atoms with Crippen LogP contribution in [0.3, 0.4) is 0 Å². The van der Waals surface area contributed by atoms with Crippen molar-refractivity contribution in [2.24, 2.45) is 0 Å². The van der Waals surface area contributed by atoms with Crippen LogP contribution in [0, 0.1) is 5.82 Å². The SMILES string of the molecule is O=C(NCCCc1ccccc1)c1cc(NCCc2ccccc2F)ncn1. The van der Waals surface area contributed by atoms with Crippen LogP contribution in [0.5, 0.6) is 0 Å². The van der Waals surface area contributed by atoms with Crippen LogP contribution in [0.2, 0.25) is 0 Å². The maximum Gasteiger partial charge on any atom is 0.270 e. The van der Waals surface area contributed by atoms with Gasteiger partial charge in [-0.25, -0.2) is 14.4 Å². The first kappa shape index (κ1) is 19.5. The summed E-state index contributed by atoms with van der Waals surface area (Å²) in [6.07, 6.45) is 3.64. The van der Waals surface area contributed by atoms with Gasteiger partial charge in [-0.1, -0.05) is 48.5 Å². The summed E-state index contributed by atoms with van der Waals surface area (Å²) < 4.78 is 13.6. The molecule has 0 aliphatic heterocycles. The number of benzene rings is 2. The smallest absolute Gasteiger partial charge is 0.270 e. The maximum absolute atomic E-state index is 13.6. The summed E-state index contributed by atoms with van der Waals surface area (Å²) in [6, 6.07) is 18.4. The minimum Gasteiger partial charge on any atom is -0.370 e. The Labute approximate surface area is 164 Å². The zero-order chi connectivity index (χ0) is 19.6. The second kappa shape index (κ2) is 10.2. The summed E-state index contributed by atoms with van der Waals surface area (Å²) in [5.41, 5.74) is 2.20. The molecule has 0 aliphatic carbocycles. The Kier molecular flexibility index (Phi) is 7.07. The predicted octanol–water partition coefficient (Wildman–Crippen LogP) is 3.63. The van der Waals surface area contributed by atoms with E-state index in [9.17, 15) is 9.18 Å². The van der Waals surface area contributed by atoms with E-state index < -0.39 is 0 Å². The normalized spacial score (nSPS) is 10.5. The molecule has 6 heteroatoms. The molecule has 0 bridgehead atoms. The third kappa shape index (κ3) is 5.87. The summed E-state index contributed by atoms with van der Waals surface area (Å²) in [5, 5.41) is 5.99. The summed E-state index contributed by atoms with van der Waals surface area (Å²) in [4.78, 5) is 20.4. The minimum atomic E-state index is -0.229. The molecule has 2 N–H and O–H groups in total. The van der Waals surface area contributed by atoms with Crippen molar-refractivity contribution >= 4 is 11.7 Å². The van der Waals surface area contributed by atoms with Crippen LogP contribution in [0.25, 0.3) is 0 Å². The van der Waals surface area contributed by atoms with Crippen molar-refractivity contribution in [1.29, 1.82) is 0 Å². The molecule has 2 aromatic carbocycles. The average molecular weight is 378 g/mol.